The number of hydrogen-bond acceptors (Lipinski definition) is 1. The Bertz CT molecular complexity index is 360. The molecule has 3 unspecified atom stereocenters. The third kappa shape index (κ3) is 3.55. The van der Waals surface area contributed by atoms with Gasteiger partial charge in [0.05, 0.1) is 6.10 Å². The van der Waals surface area contributed by atoms with E-state index in [1.165, 1.54) is 11.1 Å². The Hall–Kier alpha value is -0.890. The summed E-state index contributed by atoms with van der Waals surface area (Å²) >= 11 is 0. The Morgan fingerprint density at radius 2 is 1.94 bits per heavy atom. The largest absolute Gasteiger partial charge is 0.378 e. The number of alkyl halides is 1. The molecule has 18 heavy (non-hydrogen) atoms. The van der Waals surface area contributed by atoms with Crippen LogP contribution >= 0.6 is 0 Å². The molecule has 0 radical (unpaired) electrons. The van der Waals surface area contributed by atoms with E-state index >= 15 is 0 Å². The molecular weight excluding hydrogens is 227 g/mol. The molecule has 0 N–H and O–H groups in total. The number of benzene rings is 1. The zero-order valence-electron chi connectivity index (χ0n) is 11.4. The van der Waals surface area contributed by atoms with E-state index in [9.17, 15) is 4.39 Å². The topological polar surface area (TPSA) is 9.23 Å². The maximum atomic E-state index is 13.5. The molecule has 0 amide bonds. The first-order valence-electron chi connectivity index (χ1n) is 6.91. The molecular formula is C16H23FO. The van der Waals surface area contributed by atoms with Crippen molar-refractivity contribution in [1.82, 2.24) is 0 Å². The van der Waals surface area contributed by atoms with E-state index < -0.39 is 6.17 Å². The maximum absolute atomic E-state index is 13.5. The molecule has 1 nitrogen and oxygen atoms in total. The van der Waals surface area contributed by atoms with Gasteiger partial charge in [0.25, 0.3) is 0 Å². The van der Waals surface area contributed by atoms with E-state index in [-0.39, 0.29) is 6.10 Å². The quantitative estimate of drug-likeness (QED) is 0.765. The van der Waals surface area contributed by atoms with E-state index in [1.54, 1.807) is 7.11 Å². The molecule has 2 heteroatoms. The number of halogens is 1. The minimum absolute atomic E-state index is 0.158. The first-order valence-corrected chi connectivity index (χ1v) is 6.91. The number of aryl methyl sites for hydroxylation is 2. The highest BCUT2D eigenvalue weighted by atomic mass is 19.1. The molecule has 0 aliphatic heterocycles. The number of methoxy groups -OCH3 is 1. The van der Waals surface area contributed by atoms with Gasteiger partial charge in [-0.3, -0.25) is 0 Å². The van der Waals surface area contributed by atoms with E-state index in [0.29, 0.717) is 12.3 Å². The van der Waals surface area contributed by atoms with Gasteiger partial charge < -0.3 is 4.74 Å². The van der Waals surface area contributed by atoms with Gasteiger partial charge in [0, 0.05) is 7.11 Å². The second-order valence-electron chi connectivity index (χ2n) is 5.51. The number of ether oxygens (including phenoxy) is 1. The summed E-state index contributed by atoms with van der Waals surface area (Å²) in [6.45, 7) is 2.11. The Morgan fingerprint density at radius 1 is 1.22 bits per heavy atom. The predicted octanol–water partition coefficient (Wildman–Crippen LogP) is 4.08. The fourth-order valence-electron chi connectivity index (χ4n) is 2.87. The second kappa shape index (κ2) is 6.33. The minimum atomic E-state index is -0.751. The van der Waals surface area contributed by atoms with Crippen LogP contribution in [0.2, 0.25) is 0 Å². The number of rotatable bonds is 5. The molecule has 1 aliphatic rings. The molecule has 0 heterocycles. The van der Waals surface area contributed by atoms with Crippen LogP contribution in [-0.4, -0.2) is 19.4 Å². The van der Waals surface area contributed by atoms with Crippen LogP contribution in [0.3, 0.4) is 0 Å². The van der Waals surface area contributed by atoms with Gasteiger partial charge in [0.1, 0.15) is 6.17 Å². The molecule has 1 aliphatic carbocycles. The molecule has 0 spiro atoms. The summed E-state index contributed by atoms with van der Waals surface area (Å²) in [6, 6.07) is 8.70. The summed E-state index contributed by atoms with van der Waals surface area (Å²) in [5.41, 5.74) is 2.69. The van der Waals surface area contributed by atoms with Gasteiger partial charge in [0.2, 0.25) is 0 Å². The fraction of sp³-hybridized carbons (Fsp3) is 0.625. The normalized spacial score (nSPS) is 27.6. The Kier molecular flexibility index (Phi) is 4.76. The SMILES string of the molecule is COC1CC(CCCc2ccc(C)cc2)CC1F. The molecule has 0 saturated heterocycles. The Morgan fingerprint density at radius 3 is 2.56 bits per heavy atom. The molecule has 1 saturated carbocycles. The Labute approximate surface area is 109 Å². The van der Waals surface area contributed by atoms with Crippen molar-refractivity contribution in [3.8, 4) is 0 Å². The summed E-state index contributed by atoms with van der Waals surface area (Å²) in [4.78, 5) is 0. The van der Waals surface area contributed by atoms with E-state index in [4.69, 9.17) is 4.74 Å². The van der Waals surface area contributed by atoms with Gasteiger partial charge >= 0.3 is 0 Å². The van der Waals surface area contributed by atoms with Crippen molar-refractivity contribution < 1.29 is 9.13 Å². The zero-order valence-corrected chi connectivity index (χ0v) is 11.4. The lowest BCUT2D eigenvalue weighted by Gasteiger charge is -2.10. The van der Waals surface area contributed by atoms with Crippen LogP contribution in [0.25, 0.3) is 0 Å². The lowest BCUT2D eigenvalue weighted by Crippen LogP contribution is -2.16. The van der Waals surface area contributed by atoms with Crippen LogP contribution in [-0.2, 0) is 11.2 Å². The lowest BCUT2D eigenvalue weighted by atomic mass is 9.98. The van der Waals surface area contributed by atoms with Crippen LogP contribution in [0.4, 0.5) is 4.39 Å². The molecule has 1 aromatic carbocycles. The first-order chi connectivity index (χ1) is 8.69. The van der Waals surface area contributed by atoms with Crippen molar-refractivity contribution in [2.24, 2.45) is 5.92 Å². The maximum Gasteiger partial charge on any atom is 0.126 e. The molecule has 2 rings (SSSR count). The standard InChI is InChI=1S/C16H23FO/c1-12-6-8-13(9-7-12)4-3-5-14-10-15(17)16(11-14)18-2/h6-9,14-16H,3-5,10-11H2,1-2H3. The van der Waals surface area contributed by atoms with Crippen molar-refractivity contribution in [3.05, 3.63) is 35.4 Å². The van der Waals surface area contributed by atoms with Gasteiger partial charge in [-0.05, 0) is 50.5 Å². The zero-order chi connectivity index (χ0) is 13.0. The average Bonchev–Trinajstić information content (AvgIpc) is 2.72. The highest BCUT2D eigenvalue weighted by Gasteiger charge is 2.33. The van der Waals surface area contributed by atoms with Crippen molar-refractivity contribution >= 4 is 0 Å². The molecule has 100 valence electrons. The van der Waals surface area contributed by atoms with Crippen molar-refractivity contribution in [2.45, 2.75) is 51.3 Å². The van der Waals surface area contributed by atoms with Gasteiger partial charge in [0.15, 0.2) is 0 Å². The second-order valence-corrected chi connectivity index (χ2v) is 5.51. The third-order valence-electron chi connectivity index (χ3n) is 4.03. The van der Waals surface area contributed by atoms with Gasteiger partial charge in [-0.15, -0.1) is 0 Å². The van der Waals surface area contributed by atoms with Crippen molar-refractivity contribution in [1.29, 1.82) is 0 Å². The predicted molar refractivity (Wildman–Crippen MR) is 72.5 cm³/mol. The highest BCUT2D eigenvalue weighted by molar-refractivity contribution is 5.21. The third-order valence-corrected chi connectivity index (χ3v) is 4.03. The van der Waals surface area contributed by atoms with E-state index in [1.807, 2.05) is 0 Å². The monoisotopic (exact) mass is 250 g/mol. The lowest BCUT2D eigenvalue weighted by molar-refractivity contribution is 0.0519. The van der Waals surface area contributed by atoms with Crippen LogP contribution < -0.4 is 0 Å². The van der Waals surface area contributed by atoms with Crippen LogP contribution in [0.1, 0.15) is 36.8 Å². The van der Waals surface area contributed by atoms with Crippen molar-refractivity contribution in [3.63, 3.8) is 0 Å². The molecule has 3 atom stereocenters. The van der Waals surface area contributed by atoms with Crippen molar-refractivity contribution in [2.75, 3.05) is 7.11 Å². The minimum Gasteiger partial charge on any atom is -0.378 e. The molecule has 1 fully saturated rings. The number of hydrogen-bond donors (Lipinski definition) is 0. The van der Waals surface area contributed by atoms with Gasteiger partial charge in [-0.25, -0.2) is 4.39 Å². The van der Waals surface area contributed by atoms with Crippen LogP contribution in [0, 0.1) is 12.8 Å². The highest BCUT2D eigenvalue weighted by Crippen LogP contribution is 2.33. The van der Waals surface area contributed by atoms with Gasteiger partial charge in [-0.2, -0.15) is 0 Å². The molecule has 0 bridgehead atoms. The average molecular weight is 250 g/mol. The summed E-state index contributed by atoms with van der Waals surface area (Å²) in [7, 11) is 1.62. The van der Waals surface area contributed by atoms with Crippen LogP contribution in [0.15, 0.2) is 24.3 Å². The molecule has 0 aromatic heterocycles. The summed E-state index contributed by atoms with van der Waals surface area (Å²) in [6.07, 6.45) is 4.04. The smallest absolute Gasteiger partial charge is 0.126 e. The van der Waals surface area contributed by atoms with E-state index in [0.717, 1.165) is 25.7 Å². The molecule has 1 aromatic rings. The van der Waals surface area contributed by atoms with Gasteiger partial charge in [-0.1, -0.05) is 29.8 Å². The first kappa shape index (κ1) is 13.5. The Balaban J connectivity index is 1.71. The van der Waals surface area contributed by atoms with E-state index in [2.05, 4.69) is 31.2 Å². The van der Waals surface area contributed by atoms with Crippen LogP contribution in [0.5, 0.6) is 0 Å². The summed E-state index contributed by atoms with van der Waals surface area (Å²) < 4.78 is 18.7. The fourth-order valence-corrected chi connectivity index (χ4v) is 2.87. The summed E-state index contributed by atoms with van der Waals surface area (Å²) in [5.74, 6) is 0.510. The summed E-state index contributed by atoms with van der Waals surface area (Å²) in [5, 5.41) is 0.